The first-order valence-corrected chi connectivity index (χ1v) is 43.5. The van der Waals surface area contributed by atoms with Crippen LogP contribution in [0.3, 0.4) is 0 Å². The number of ether oxygens (including phenoxy) is 7. The Morgan fingerprint density at radius 1 is 0.573 bits per heavy atom. The number of nitrogens with one attached hydrogen (secondary N) is 3. The third kappa shape index (κ3) is 18.6. The van der Waals surface area contributed by atoms with Crippen molar-refractivity contribution in [3.8, 4) is 22.5 Å². The molecule has 28 nitrogen and oxygen atoms in total. The second kappa shape index (κ2) is 35.2. The molecule has 117 heavy (non-hydrogen) atoms. The van der Waals surface area contributed by atoms with Gasteiger partial charge in [0.05, 0.1) is 130 Å². The van der Waals surface area contributed by atoms with Crippen LogP contribution in [0.1, 0.15) is 163 Å². The van der Waals surface area contributed by atoms with Crippen LogP contribution in [-0.4, -0.2) is 267 Å². The van der Waals surface area contributed by atoms with Gasteiger partial charge in [-0.3, -0.25) is 49.0 Å². The van der Waals surface area contributed by atoms with Gasteiger partial charge in [-0.2, -0.15) is 0 Å². The van der Waals surface area contributed by atoms with Crippen molar-refractivity contribution in [3.05, 3.63) is 83.4 Å². The summed E-state index contributed by atoms with van der Waals surface area (Å²) in [5.74, 6) is -0.926. The lowest BCUT2D eigenvalue weighted by molar-refractivity contribution is -0.156. The van der Waals surface area contributed by atoms with Gasteiger partial charge >= 0.3 is 18.0 Å². The topological polar surface area (TPSA) is 274 Å². The van der Waals surface area contributed by atoms with Crippen LogP contribution in [0, 0.1) is 10.8 Å². The average Bonchev–Trinajstić information content (AvgIpc) is 1.59. The van der Waals surface area contributed by atoms with Gasteiger partial charge in [-0.25, -0.2) is 15.6 Å². The zero-order valence-electron chi connectivity index (χ0n) is 71.5. The number of fused-ring (bicyclic) bond motifs is 14. The molecule has 8 atom stereocenters. The number of amides is 3. The summed E-state index contributed by atoms with van der Waals surface area (Å²) in [5, 5.41) is 8.18. The van der Waals surface area contributed by atoms with Gasteiger partial charge in [0.15, 0.2) is 0 Å². The molecule has 0 radical (unpaired) electrons. The van der Waals surface area contributed by atoms with Crippen molar-refractivity contribution in [2.45, 2.75) is 220 Å². The van der Waals surface area contributed by atoms with Crippen LogP contribution in [0.4, 0.5) is 27.5 Å². The van der Waals surface area contributed by atoms with Crippen molar-refractivity contribution in [3.63, 3.8) is 0 Å². The van der Waals surface area contributed by atoms with Crippen LogP contribution < -0.4 is 41.5 Å². The Balaban J connectivity index is 0.000000185. The summed E-state index contributed by atoms with van der Waals surface area (Å²) in [6, 6.07) is 16.0. The molecule has 636 valence electrons. The molecule has 16 rings (SSSR count). The van der Waals surface area contributed by atoms with E-state index < -0.39 is 52.7 Å². The Hall–Kier alpha value is -8.19. The van der Waals surface area contributed by atoms with Crippen LogP contribution in [0.2, 0.25) is 0 Å². The summed E-state index contributed by atoms with van der Waals surface area (Å²) in [7, 11) is 0. The highest BCUT2D eigenvalue weighted by Gasteiger charge is 2.42. The summed E-state index contributed by atoms with van der Waals surface area (Å²) >= 11 is 0. The molecule has 10 aliphatic rings. The van der Waals surface area contributed by atoms with Gasteiger partial charge in [0, 0.05) is 166 Å². The van der Waals surface area contributed by atoms with Crippen LogP contribution in [0.15, 0.2) is 60.9 Å². The third-order valence-corrected chi connectivity index (χ3v) is 25.3. The minimum absolute atomic E-state index is 0.176. The van der Waals surface area contributed by atoms with Crippen LogP contribution in [0.5, 0.6) is 0 Å². The number of cyclic esters (lactones) is 2. The number of esters is 2. The Bertz CT molecular complexity index is 4590. The predicted octanol–water partition coefficient (Wildman–Crippen LogP) is 9.39. The highest BCUT2D eigenvalue weighted by molar-refractivity contribution is 5.97. The van der Waals surface area contributed by atoms with Crippen molar-refractivity contribution in [2.24, 2.45) is 16.6 Å². The van der Waals surface area contributed by atoms with Crippen molar-refractivity contribution in [1.29, 1.82) is 0 Å². The fourth-order valence-corrected chi connectivity index (χ4v) is 19.3. The Morgan fingerprint density at radius 3 is 1.48 bits per heavy atom. The minimum atomic E-state index is -0.954. The molecule has 0 unspecified atom stereocenters. The van der Waals surface area contributed by atoms with Crippen molar-refractivity contribution >= 4 is 74.4 Å². The quantitative estimate of drug-likeness (QED) is 0.0775. The Kier molecular flexibility index (Phi) is 25.3. The van der Waals surface area contributed by atoms with Crippen LogP contribution in [0.25, 0.3) is 44.3 Å². The first-order chi connectivity index (χ1) is 56.1. The largest absolute Gasteiger partial charge is 0.464 e. The summed E-state index contributed by atoms with van der Waals surface area (Å²) in [6.45, 7) is 44.7. The molecule has 0 spiro atoms. The number of benzene rings is 2. The lowest BCUT2D eigenvalue weighted by Gasteiger charge is -2.44. The summed E-state index contributed by atoms with van der Waals surface area (Å²) in [6.07, 6.45) is 7.24. The maximum Gasteiger partial charge on any atom is 0.408 e. The highest BCUT2D eigenvalue weighted by atomic mass is 16.6. The lowest BCUT2D eigenvalue weighted by Crippen LogP contribution is -2.61. The van der Waals surface area contributed by atoms with E-state index in [0.717, 1.165) is 160 Å². The maximum atomic E-state index is 14.2. The molecule has 6 aromatic rings. The predicted molar refractivity (Wildman–Crippen MR) is 454 cm³/mol. The number of nitrogens with zero attached hydrogens (tertiary/aromatic N) is 12. The molecule has 12 bridgehead atoms. The minimum Gasteiger partial charge on any atom is -0.464 e. The Labute approximate surface area is 690 Å². The number of rotatable bonds is 9. The van der Waals surface area contributed by atoms with E-state index in [0.29, 0.717) is 103 Å². The number of piperazine rings is 2. The molecule has 14 heterocycles. The summed E-state index contributed by atoms with van der Waals surface area (Å²) in [5.41, 5.74) is 27.2. The SMILES string of the molecule is CCn1c(-c2cc(N3CCN4CCOC[C@@H]4C3)cnc2C(C)C)c2c3cc(ccc31)N1CCO[C@@H](C[C@H](N)C(=O)N3CCC[C@H](N3)C(=O)OCC(C)(C)C2)C1.CCn1c(-c2cc(N3CCN4CCOC[C@@H]4C3)cnc2C(C)C)c2c3cc(ccc31)N1CCO[C@@H](C[C@H](NC(=O)OC(C)(C)C)C(=O)N3CCC[C@H](N3)C(=O)OCC(C)(C)C2)C1. The fraction of sp³-hybridized carbons (Fsp3) is 0.652. The first kappa shape index (κ1) is 83.9. The lowest BCUT2D eigenvalue weighted by atomic mass is 9.84. The van der Waals surface area contributed by atoms with Crippen molar-refractivity contribution in [1.82, 2.24) is 55.1 Å². The van der Waals surface area contributed by atoms with Crippen LogP contribution >= 0.6 is 0 Å². The van der Waals surface area contributed by atoms with Gasteiger partial charge in [0.1, 0.15) is 23.7 Å². The summed E-state index contributed by atoms with van der Waals surface area (Å²) < 4.78 is 47.1. The molecule has 2 aromatic carbocycles. The molecular formula is C89H128N16O12. The molecule has 10 aliphatic heterocycles. The fourth-order valence-electron chi connectivity index (χ4n) is 19.3. The highest BCUT2D eigenvalue weighted by Crippen LogP contribution is 2.46. The molecule has 5 N–H and O–H groups in total. The molecule has 4 aromatic heterocycles. The van der Waals surface area contributed by atoms with Crippen LogP contribution in [-0.2, 0) is 78.3 Å². The van der Waals surface area contributed by atoms with Crippen molar-refractivity contribution < 1.29 is 57.1 Å². The monoisotopic (exact) mass is 1610 g/mol. The van der Waals surface area contributed by atoms with E-state index >= 15 is 0 Å². The molecule has 8 fully saturated rings. The van der Waals surface area contributed by atoms with Gasteiger partial charge in [-0.05, 0) is 151 Å². The van der Waals surface area contributed by atoms with E-state index in [1.54, 1.807) is 20.8 Å². The Morgan fingerprint density at radius 2 is 1.03 bits per heavy atom. The van der Waals surface area contributed by atoms with Gasteiger partial charge in [0.25, 0.3) is 11.8 Å². The number of hydrogen-bond donors (Lipinski definition) is 4. The van der Waals surface area contributed by atoms with E-state index in [4.69, 9.17) is 48.9 Å². The smallest absolute Gasteiger partial charge is 0.408 e. The van der Waals surface area contributed by atoms with Gasteiger partial charge < -0.3 is 72.9 Å². The van der Waals surface area contributed by atoms with E-state index in [2.05, 4.69) is 185 Å². The number of aromatic nitrogens is 4. The zero-order chi connectivity index (χ0) is 82.4. The second-order valence-electron chi connectivity index (χ2n) is 37.2. The number of hydrazine groups is 2. The maximum absolute atomic E-state index is 14.2. The van der Waals surface area contributed by atoms with E-state index in [9.17, 15) is 24.0 Å². The average molecular weight is 1610 g/mol. The number of aryl methyl sites for hydroxylation is 2. The van der Waals surface area contributed by atoms with E-state index in [1.165, 1.54) is 37.7 Å². The first-order valence-electron chi connectivity index (χ1n) is 43.5. The number of alkyl carbamates (subject to hydrolysis) is 1. The van der Waals surface area contributed by atoms with E-state index in [-0.39, 0.29) is 61.5 Å². The normalized spacial score (nSPS) is 26.1. The van der Waals surface area contributed by atoms with Gasteiger partial charge in [0.2, 0.25) is 0 Å². The second-order valence-corrected chi connectivity index (χ2v) is 37.2. The molecule has 0 aliphatic carbocycles. The number of nitrogens with two attached hydrogens (primary N) is 1. The van der Waals surface area contributed by atoms with Crippen molar-refractivity contribution in [2.75, 3.05) is 164 Å². The standard InChI is InChI=1S/C47H68N8O7.C42H60N8O5/c1-9-54-40-13-12-31-21-35(40)37(42(54)36-22-32(25-48-41(36)30(2)3)52-16-15-51-17-19-59-28-33(51)26-52)24-47(7,8)29-61-44(57)38-11-10-14-55(50-38)43(56)39(49-45(58)62-46(4,5)6)23-34-27-53(31)18-20-60-34;1-6-49-37-10-9-28-18-32(37)34(39(49)33-19-29(22-44-38(33)27(2)3)47-13-12-46-14-16-53-25-30(46)23-47)21-42(4,5)26-55-41(52)36-8-7-11-50(45-36)40(51)35(43)20-31-24-48(28)15-17-54-31/h12-13,21-22,25,30,33-34,38-39,50H,9-11,14-20,23-24,26-29H2,1-8H3,(H,49,58);9-10,18-19,22,27,30-31,35-36,45H,6-8,11-17,20-21,23-26,43H2,1-5H3/t33-,34-,38-,39-;30-,31-,35-,36-/m00/s1. The molecular weight excluding hydrogens is 1490 g/mol. The van der Waals surface area contributed by atoms with E-state index in [1.807, 2.05) is 0 Å². The summed E-state index contributed by atoms with van der Waals surface area (Å²) in [4.78, 5) is 93.6. The van der Waals surface area contributed by atoms with Gasteiger partial charge in [-0.1, -0.05) is 55.4 Å². The number of carbonyl (C=O) groups excluding carboxylic acids is 5. The number of pyridine rings is 2. The zero-order valence-corrected chi connectivity index (χ0v) is 71.5. The third-order valence-electron chi connectivity index (χ3n) is 25.3. The number of morpholine rings is 4. The molecule has 3 amide bonds. The number of carbonyl (C=O) groups is 5. The number of hydrogen-bond acceptors (Lipinski definition) is 23. The molecule has 28 heteroatoms. The molecule has 0 saturated carbocycles. The molecule has 8 saturated heterocycles. The number of anilines is 4. The van der Waals surface area contributed by atoms with Gasteiger partial charge in [-0.15, -0.1) is 0 Å².